The molecule has 6 heteroatoms. The summed E-state index contributed by atoms with van der Waals surface area (Å²) in [6.45, 7) is 2.06. The van der Waals surface area contributed by atoms with Crippen molar-refractivity contribution in [1.82, 2.24) is 14.6 Å². The highest BCUT2D eigenvalue weighted by Gasteiger charge is 2.15. The molecule has 132 valence electrons. The molecular weight excluding hydrogens is 346 g/mol. The summed E-state index contributed by atoms with van der Waals surface area (Å²) in [4.78, 5) is 0. The molecule has 0 aliphatic heterocycles. The van der Waals surface area contributed by atoms with Gasteiger partial charge in [-0.15, -0.1) is 10.2 Å². The average molecular weight is 365 g/mol. The molecule has 2 aromatic heterocycles. The predicted molar refractivity (Wildman–Crippen MR) is 104 cm³/mol. The maximum Gasteiger partial charge on any atom is 0.196 e. The zero-order valence-electron chi connectivity index (χ0n) is 14.6. The second kappa shape index (κ2) is 6.97. The molecule has 1 N–H and O–H groups in total. The van der Waals surface area contributed by atoms with Gasteiger partial charge >= 0.3 is 0 Å². The van der Waals surface area contributed by atoms with Crippen LogP contribution in [0, 0.1) is 6.92 Å². The Kier molecular flexibility index (Phi) is 4.53. The predicted octanol–water partition coefficient (Wildman–Crippen LogP) is 4.03. The highest BCUT2D eigenvalue weighted by molar-refractivity contribution is 7.99. The monoisotopic (exact) mass is 365 g/mol. The van der Waals surface area contributed by atoms with Crippen molar-refractivity contribution in [2.75, 3.05) is 12.9 Å². The first-order chi connectivity index (χ1) is 12.7. The number of aromatic nitrogens is 3. The van der Waals surface area contributed by atoms with Crippen molar-refractivity contribution in [3.63, 3.8) is 0 Å². The van der Waals surface area contributed by atoms with Crippen LogP contribution in [0.3, 0.4) is 0 Å². The summed E-state index contributed by atoms with van der Waals surface area (Å²) in [5, 5.41) is 21.0. The first-order valence-electron chi connectivity index (χ1n) is 8.35. The average Bonchev–Trinajstić information content (AvgIpc) is 3.09. The standard InChI is InChI=1S/C20H19N3O2S/c1-13-10-19-21-22-20(26-12-18(24)14-6-4-3-5-7-14)23(19)17-11-15(25-2)8-9-16(13)17/h3-11,18,24H,12H2,1-2H3. The van der Waals surface area contributed by atoms with Gasteiger partial charge in [0.15, 0.2) is 10.8 Å². The number of methoxy groups -OCH3 is 1. The molecule has 2 aromatic carbocycles. The molecule has 1 unspecified atom stereocenters. The highest BCUT2D eigenvalue weighted by atomic mass is 32.2. The molecule has 26 heavy (non-hydrogen) atoms. The zero-order valence-corrected chi connectivity index (χ0v) is 15.4. The van der Waals surface area contributed by atoms with Gasteiger partial charge < -0.3 is 9.84 Å². The van der Waals surface area contributed by atoms with Crippen LogP contribution in [0.5, 0.6) is 5.75 Å². The number of aliphatic hydroxyl groups excluding tert-OH is 1. The summed E-state index contributed by atoms with van der Waals surface area (Å²) in [7, 11) is 1.66. The van der Waals surface area contributed by atoms with E-state index in [1.807, 2.05) is 52.9 Å². The van der Waals surface area contributed by atoms with Gasteiger partial charge in [0, 0.05) is 17.2 Å². The Balaban J connectivity index is 1.72. The second-order valence-corrected chi connectivity index (χ2v) is 7.11. The Morgan fingerprint density at radius 2 is 1.92 bits per heavy atom. The molecule has 0 bridgehead atoms. The van der Waals surface area contributed by atoms with Crippen LogP contribution in [-0.4, -0.2) is 32.6 Å². The van der Waals surface area contributed by atoms with E-state index in [1.54, 1.807) is 7.11 Å². The number of hydrogen-bond donors (Lipinski definition) is 1. The third-order valence-electron chi connectivity index (χ3n) is 4.43. The topological polar surface area (TPSA) is 59.7 Å². The maximum absolute atomic E-state index is 10.4. The Bertz CT molecular complexity index is 1060. The summed E-state index contributed by atoms with van der Waals surface area (Å²) < 4.78 is 7.40. The van der Waals surface area contributed by atoms with E-state index in [9.17, 15) is 5.11 Å². The fourth-order valence-corrected chi connectivity index (χ4v) is 3.97. The van der Waals surface area contributed by atoms with E-state index in [1.165, 1.54) is 11.8 Å². The Morgan fingerprint density at radius 1 is 1.12 bits per heavy atom. The lowest BCUT2D eigenvalue weighted by atomic mass is 10.1. The molecule has 4 aromatic rings. The molecule has 0 spiro atoms. The maximum atomic E-state index is 10.4. The third kappa shape index (κ3) is 3.02. The number of benzene rings is 2. The molecular formula is C20H19N3O2S. The number of rotatable bonds is 5. The van der Waals surface area contributed by atoms with E-state index in [-0.39, 0.29) is 0 Å². The van der Waals surface area contributed by atoms with Gasteiger partial charge in [-0.1, -0.05) is 42.1 Å². The molecule has 0 fully saturated rings. The molecule has 0 saturated carbocycles. The summed E-state index contributed by atoms with van der Waals surface area (Å²) in [5.41, 5.74) is 3.83. The van der Waals surface area contributed by atoms with Crippen LogP contribution in [-0.2, 0) is 0 Å². The number of aliphatic hydroxyl groups is 1. The number of hydrogen-bond acceptors (Lipinski definition) is 5. The minimum atomic E-state index is -0.556. The third-order valence-corrected chi connectivity index (χ3v) is 5.43. The van der Waals surface area contributed by atoms with E-state index >= 15 is 0 Å². The molecule has 4 rings (SSSR count). The van der Waals surface area contributed by atoms with Crippen LogP contribution in [0.2, 0.25) is 0 Å². The Labute approximate surface area is 155 Å². The molecule has 0 saturated heterocycles. The Hall–Kier alpha value is -2.57. The van der Waals surface area contributed by atoms with E-state index < -0.39 is 6.10 Å². The first-order valence-corrected chi connectivity index (χ1v) is 9.34. The van der Waals surface area contributed by atoms with Gasteiger partial charge in [0.2, 0.25) is 0 Å². The van der Waals surface area contributed by atoms with Gasteiger partial charge in [-0.25, -0.2) is 0 Å². The highest BCUT2D eigenvalue weighted by Crippen LogP contribution is 2.30. The van der Waals surface area contributed by atoms with Crippen molar-refractivity contribution in [3.8, 4) is 5.75 Å². The largest absolute Gasteiger partial charge is 0.497 e. The summed E-state index contributed by atoms with van der Waals surface area (Å²) >= 11 is 1.49. The van der Waals surface area contributed by atoms with Crippen molar-refractivity contribution >= 4 is 28.3 Å². The van der Waals surface area contributed by atoms with Crippen LogP contribution in [0.1, 0.15) is 17.2 Å². The molecule has 1 atom stereocenters. The molecule has 0 aliphatic rings. The number of pyridine rings is 1. The minimum Gasteiger partial charge on any atom is -0.497 e. The first kappa shape index (κ1) is 16.9. The van der Waals surface area contributed by atoms with E-state index in [4.69, 9.17) is 4.74 Å². The van der Waals surface area contributed by atoms with Gasteiger partial charge in [0.25, 0.3) is 0 Å². The molecule has 2 heterocycles. The molecule has 5 nitrogen and oxygen atoms in total. The van der Waals surface area contributed by atoms with Gasteiger partial charge in [0.05, 0.1) is 18.7 Å². The van der Waals surface area contributed by atoms with E-state index in [2.05, 4.69) is 23.2 Å². The molecule has 0 radical (unpaired) electrons. The van der Waals surface area contributed by atoms with Crippen LogP contribution in [0.4, 0.5) is 0 Å². The lowest BCUT2D eigenvalue weighted by molar-refractivity contribution is 0.204. The molecule has 0 aliphatic carbocycles. The summed E-state index contributed by atoms with van der Waals surface area (Å²) in [6, 6.07) is 17.7. The van der Waals surface area contributed by atoms with Gasteiger partial charge in [-0.3, -0.25) is 4.40 Å². The number of ether oxygens (including phenoxy) is 1. The smallest absolute Gasteiger partial charge is 0.196 e. The number of aryl methyl sites for hydroxylation is 1. The van der Waals surface area contributed by atoms with E-state index in [0.717, 1.165) is 38.6 Å². The van der Waals surface area contributed by atoms with Crippen LogP contribution < -0.4 is 4.74 Å². The minimum absolute atomic E-state index is 0.504. The van der Waals surface area contributed by atoms with Crippen molar-refractivity contribution in [3.05, 3.63) is 65.7 Å². The number of nitrogens with zero attached hydrogens (tertiary/aromatic N) is 3. The number of fused-ring (bicyclic) bond motifs is 3. The van der Waals surface area contributed by atoms with Crippen LogP contribution in [0.15, 0.2) is 59.8 Å². The van der Waals surface area contributed by atoms with Gasteiger partial charge in [0.1, 0.15) is 5.75 Å². The van der Waals surface area contributed by atoms with Crippen molar-refractivity contribution < 1.29 is 9.84 Å². The zero-order chi connectivity index (χ0) is 18.1. The second-order valence-electron chi connectivity index (χ2n) is 6.12. The van der Waals surface area contributed by atoms with Gasteiger partial charge in [-0.2, -0.15) is 0 Å². The SMILES string of the molecule is COc1ccc2c(C)cc3nnc(SCC(O)c4ccccc4)n3c2c1. The summed E-state index contributed by atoms with van der Waals surface area (Å²) in [6.07, 6.45) is -0.556. The van der Waals surface area contributed by atoms with Crippen molar-refractivity contribution in [1.29, 1.82) is 0 Å². The summed E-state index contributed by atoms with van der Waals surface area (Å²) in [5.74, 6) is 1.29. The Morgan fingerprint density at radius 3 is 2.69 bits per heavy atom. The van der Waals surface area contributed by atoms with Crippen LogP contribution in [0.25, 0.3) is 16.6 Å². The fraction of sp³-hybridized carbons (Fsp3) is 0.200. The van der Waals surface area contributed by atoms with Crippen molar-refractivity contribution in [2.24, 2.45) is 0 Å². The lowest BCUT2D eigenvalue weighted by Crippen LogP contribution is -2.01. The lowest BCUT2D eigenvalue weighted by Gasteiger charge is -2.11. The normalized spacial score (nSPS) is 12.6. The van der Waals surface area contributed by atoms with Crippen LogP contribution >= 0.6 is 11.8 Å². The fourth-order valence-electron chi connectivity index (χ4n) is 3.05. The quantitative estimate of drug-likeness (QED) is 0.541. The van der Waals surface area contributed by atoms with Gasteiger partial charge in [-0.05, 0) is 36.2 Å². The number of thioether (sulfide) groups is 1. The van der Waals surface area contributed by atoms with E-state index in [0.29, 0.717) is 5.75 Å². The molecule has 0 amide bonds. The van der Waals surface area contributed by atoms with Crippen molar-refractivity contribution in [2.45, 2.75) is 18.2 Å².